The summed E-state index contributed by atoms with van der Waals surface area (Å²) < 4.78 is 27.0. The molecule has 0 unspecified atom stereocenters. The Kier molecular flexibility index (Phi) is 7.18. The van der Waals surface area contributed by atoms with E-state index in [1.807, 2.05) is 0 Å². The van der Waals surface area contributed by atoms with Crippen molar-refractivity contribution >= 4 is 38.1 Å². The number of rotatable bonds is 9. The van der Waals surface area contributed by atoms with Crippen LogP contribution in [-0.4, -0.2) is 67.2 Å². The Balaban J connectivity index is 2.22. The van der Waals surface area contributed by atoms with E-state index in [-0.39, 0.29) is 17.1 Å². The largest absolute Gasteiger partial charge is 0.308 e. The zero-order valence-corrected chi connectivity index (χ0v) is 17.3. The van der Waals surface area contributed by atoms with Gasteiger partial charge < -0.3 is 10.2 Å². The smallest absolute Gasteiger partial charge is 0.269 e. The Labute approximate surface area is 167 Å². The van der Waals surface area contributed by atoms with E-state index in [1.54, 1.807) is 31.3 Å². The van der Waals surface area contributed by atoms with Crippen LogP contribution in [-0.2, 0) is 14.8 Å². The summed E-state index contributed by atoms with van der Waals surface area (Å²) in [7, 11) is -0.442. The maximum absolute atomic E-state index is 13.0. The molecule has 0 aliphatic heterocycles. The molecule has 12 heteroatoms. The minimum atomic E-state index is -4.02. The van der Waals surface area contributed by atoms with Gasteiger partial charge in [-0.2, -0.15) is 4.31 Å². The lowest BCUT2D eigenvalue weighted by Gasteiger charge is -2.23. The number of carbonyl (C=O) groups excluding carboxylic acids is 1. The van der Waals surface area contributed by atoms with Crippen molar-refractivity contribution in [1.29, 1.82) is 0 Å². The van der Waals surface area contributed by atoms with Crippen LogP contribution in [0.5, 0.6) is 0 Å². The lowest BCUT2D eigenvalue weighted by molar-refractivity contribution is -0.384. The lowest BCUT2D eigenvalue weighted by Crippen LogP contribution is -2.41. The Morgan fingerprint density at radius 2 is 1.89 bits per heavy atom. The Bertz CT molecular complexity index is 941. The number of hydrogen-bond donors (Lipinski definition) is 1. The van der Waals surface area contributed by atoms with Gasteiger partial charge in [0.05, 0.1) is 22.1 Å². The molecular formula is C16H21N5O5S2. The number of aryl methyl sites for hydroxylation is 1. The molecule has 0 aliphatic carbocycles. The molecule has 0 bridgehead atoms. The third kappa shape index (κ3) is 5.79. The summed E-state index contributed by atoms with van der Waals surface area (Å²) >= 11 is 1.25. The Morgan fingerprint density at radius 3 is 2.39 bits per heavy atom. The number of benzene rings is 1. The summed E-state index contributed by atoms with van der Waals surface area (Å²) in [5.74, 6) is -0.515. The third-order valence-electron chi connectivity index (χ3n) is 3.67. The molecule has 0 aliphatic rings. The number of nitrogens with zero attached hydrogens (tertiary/aromatic N) is 4. The summed E-state index contributed by atoms with van der Waals surface area (Å²) in [6, 6.07) is 4.57. The number of sulfonamides is 1. The maximum Gasteiger partial charge on any atom is 0.269 e. The van der Waals surface area contributed by atoms with Gasteiger partial charge in [-0.05, 0) is 33.2 Å². The number of anilines is 1. The molecule has 1 heterocycles. The number of nitro benzene ring substituents is 1. The molecule has 0 radical (unpaired) electrons. The number of nitro groups is 1. The highest BCUT2D eigenvalue weighted by molar-refractivity contribution is 7.89. The minimum absolute atomic E-state index is 0.0800. The fourth-order valence-corrected chi connectivity index (χ4v) is 4.31. The van der Waals surface area contributed by atoms with E-state index in [1.165, 1.54) is 11.3 Å². The quantitative estimate of drug-likeness (QED) is 0.475. The molecular weight excluding hydrogens is 406 g/mol. The Hall–Kier alpha value is -2.41. The molecule has 0 saturated carbocycles. The fraction of sp³-hybridized carbons (Fsp3) is 0.375. The predicted octanol–water partition coefficient (Wildman–Crippen LogP) is 1.55. The number of aromatic nitrogens is 1. The first-order valence-electron chi connectivity index (χ1n) is 8.21. The van der Waals surface area contributed by atoms with E-state index in [0.717, 1.165) is 34.3 Å². The van der Waals surface area contributed by atoms with Crippen LogP contribution in [0, 0.1) is 17.0 Å². The van der Waals surface area contributed by atoms with Crippen LogP contribution in [0.4, 0.5) is 10.8 Å². The first-order valence-corrected chi connectivity index (χ1v) is 10.5. The van der Waals surface area contributed by atoms with Crippen molar-refractivity contribution in [2.24, 2.45) is 0 Å². The van der Waals surface area contributed by atoms with E-state index in [4.69, 9.17) is 0 Å². The molecule has 28 heavy (non-hydrogen) atoms. The summed E-state index contributed by atoms with van der Waals surface area (Å²) in [6.07, 6.45) is 0. The standard InChI is InChI=1S/C16H21N5O5S2/c1-12-11-27-16(17-12)18-15(22)10-20(9-8-19(2)3)28(25,26)14-6-4-13(5-7-14)21(23)24/h4-7,11H,8-10H2,1-3H3,(H,17,18,22). The van der Waals surface area contributed by atoms with E-state index in [0.29, 0.717) is 11.7 Å². The second-order valence-electron chi connectivity index (χ2n) is 6.24. The first-order chi connectivity index (χ1) is 13.1. The molecule has 0 atom stereocenters. The van der Waals surface area contributed by atoms with Gasteiger partial charge in [-0.3, -0.25) is 14.9 Å². The van der Waals surface area contributed by atoms with Gasteiger partial charge in [-0.15, -0.1) is 11.3 Å². The molecule has 0 saturated heterocycles. The molecule has 1 N–H and O–H groups in total. The van der Waals surface area contributed by atoms with Crippen molar-refractivity contribution in [3.63, 3.8) is 0 Å². The van der Waals surface area contributed by atoms with E-state index in [9.17, 15) is 23.3 Å². The lowest BCUT2D eigenvalue weighted by atomic mass is 10.3. The number of amides is 1. The van der Waals surface area contributed by atoms with Gasteiger partial charge in [0.25, 0.3) is 5.69 Å². The summed E-state index contributed by atoms with van der Waals surface area (Å²) in [5.41, 5.74) is 0.541. The maximum atomic E-state index is 13.0. The number of likely N-dealkylation sites (N-methyl/N-ethyl adjacent to an activating group) is 1. The highest BCUT2D eigenvalue weighted by Crippen LogP contribution is 2.20. The number of carbonyl (C=O) groups is 1. The SMILES string of the molecule is Cc1csc(NC(=O)CN(CCN(C)C)S(=O)(=O)c2ccc([N+](=O)[O-])cc2)n1. The monoisotopic (exact) mass is 427 g/mol. The normalized spacial score (nSPS) is 11.8. The Morgan fingerprint density at radius 1 is 1.25 bits per heavy atom. The molecule has 0 spiro atoms. The average molecular weight is 428 g/mol. The average Bonchev–Trinajstić information content (AvgIpc) is 3.03. The second kappa shape index (κ2) is 9.19. The van der Waals surface area contributed by atoms with E-state index >= 15 is 0 Å². The summed E-state index contributed by atoms with van der Waals surface area (Å²) in [4.78, 5) is 28.3. The molecule has 0 fully saturated rings. The highest BCUT2D eigenvalue weighted by Gasteiger charge is 2.27. The first kappa shape index (κ1) is 21.9. The van der Waals surface area contributed by atoms with E-state index < -0.39 is 27.4 Å². The van der Waals surface area contributed by atoms with Gasteiger partial charge in [0.2, 0.25) is 15.9 Å². The molecule has 1 aromatic carbocycles. The number of thiazole rings is 1. The van der Waals surface area contributed by atoms with Gasteiger partial charge >= 0.3 is 0 Å². The van der Waals surface area contributed by atoms with Crippen LogP contribution in [0.3, 0.4) is 0 Å². The van der Waals surface area contributed by atoms with Crippen molar-refractivity contribution in [1.82, 2.24) is 14.2 Å². The van der Waals surface area contributed by atoms with Crippen LogP contribution in [0.1, 0.15) is 5.69 Å². The number of nitrogens with one attached hydrogen (secondary N) is 1. The van der Waals surface area contributed by atoms with Gasteiger partial charge in [0.1, 0.15) is 0 Å². The minimum Gasteiger partial charge on any atom is -0.308 e. The van der Waals surface area contributed by atoms with Crippen LogP contribution in [0.15, 0.2) is 34.5 Å². The molecule has 152 valence electrons. The van der Waals surface area contributed by atoms with Crippen molar-refractivity contribution in [2.75, 3.05) is 39.0 Å². The van der Waals surface area contributed by atoms with E-state index in [2.05, 4.69) is 10.3 Å². The second-order valence-corrected chi connectivity index (χ2v) is 9.03. The van der Waals surface area contributed by atoms with Crippen LogP contribution in [0.25, 0.3) is 0 Å². The van der Waals surface area contributed by atoms with Crippen molar-refractivity contribution in [3.05, 3.63) is 45.5 Å². The molecule has 2 aromatic rings. The van der Waals surface area contributed by atoms with Crippen molar-refractivity contribution in [2.45, 2.75) is 11.8 Å². The molecule has 1 amide bonds. The molecule has 1 aromatic heterocycles. The predicted molar refractivity (Wildman–Crippen MR) is 106 cm³/mol. The van der Waals surface area contributed by atoms with Crippen LogP contribution in [0.2, 0.25) is 0 Å². The fourth-order valence-electron chi connectivity index (χ4n) is 2.21. The summed E-state index contributed by atoms with van der Waals surface area (Å²) in [6.45, 7) is 1.87. The van der Waals surface area contributed by atoms with Crippen molar-refractivity contribution < 1.29 is 18.1 Å². The number of hydrogen-bond acceptors (Lipinski definition) is 8. The van der Waals surface area contributed by atoms with Gasteiger partial charge in [-0.25, -0.2) is 13.4 Å². The topological polar surface area (TPSA) is 126 Å². The molecule has 10 nitrogen and oxygen atoms in total. The third-order valence-corrected chi connectivity index (χ3v) is 6.40. The van der Waals surface area contributed by atoms with Gasteiger partial charge in [0, 0.05) is 30.6 Å². The zero-order chi connectivity index (χ0) is 20.9. The van der Waals surface area contributed by atoms with Crippen LogP contribution >= 0.6 is 11.3 Å². The van der Waals surface area contributed by atoms with Gasteiger partial charge in [0.15, 0.2) is 5.13 Å². The highest BCUT2D eigenvalue weighted by atomic mass is 32.2. The molecule has 2 rings (SSSR count). The van der Waals surface area contributed by atoms with Gasteiger partial charge in [-0.1, -0.05) is 0 Å². The van der Waals surface area contributed by atoms with Crippen molar-refractivity contribution in [3.8, 4) is 0 Å². The van der Waals surface area contributed by atoms with Crippen LogP contribution < -0.4 is 5.32 Å². The summed E-state index contributed by atoms with van der Waals surface area (Å²) in [5, 5.41) is 15.5. The number of non-ortho nitro benzene ring substituents is 1. The zero-order valence-electron chi connectivity index (χ0n) is 15.7.